The van der Waals surface area contributed by atoms with Gasteiger partial charge in [0.1, 0.15) is 5.58 Å². The Kier molecular flexibility index (Phi) is 4.40. The van der Waals surface area contributed by atoms with Crippen LogP contribution in [0.5, 0.6) is 0 Å². The van der Waals surface area contributed by atoms with Crippen LogP contribution in [0.3, 0.4) is 0 Å². The van der Waals surface area contributed by atoms with E-state index in [1.807, 2.05) is 30.3 Å². The number of benzene rings is 2. The molecule has 0 atom stereocenters. The predicted octanol–water partition coefficient (Wildman–Crippen LogP) is 5.59. The summed E-state index contributed by atoms with van der Waals surface area (Å²) in [5.41, 5.74) is 5.87. The molecule has 0 unspecified atom stereocenters. The van der Waals surface area contributed by atoms with Gasteiger partial charge < -0.3 is 9.73 Å². The first-order valence-corrected chi connectivity index (χ1v) is 9.17. The van der Waals surface area contributed by atoms with Crippen molar-refractivity contribution in [2.45, 2.75) is 33.1 Å². The normalized spacial score (nSPS) is 11.4. The number of hydrogen-bond donors (Lipinski definition) is 1. The quantitative estimate of drug-likeness (QED) is 0.517. The second-order valence-electron chi connectivity index (χ2n) is 7.22. The fourth-order valence-electron chi connectivity index (χ4n) is 3.58. The minimum Gasteiger partial charge on any atom is -0.464 e. The number of nitrogens with zero attached hydrogens (tertiary/aromatic N) is 1. The molecule has 0 spiro atoms. The molecule has 0 saturated heterocycles. The number of aromatic nitrogens is 1. The third-order valence-electron chi connectivity index (χ3n) is 4.94. The summed E-state index contributed by atoms with van der Waals surface area (Å²) in [7, 11) is 0. The maximum Gasteiger partial charge on any atom is 0.228 e. The summed E-state index contributed by atoms with van der Waals surface area (Å²) in [5, 5.41) is 4.96. The summed E-state index contributed by atoms with van der Waals surface area (Å²) < 4.78 is 5.70. The maximum atomic E-state index is 12.7. The number of furan rings is 1. The van der Waals surface area contributed by atoms with E-state index in [-0.39, 0.29) is 12.3 Å². The van der Waals surface area contributed by atoms with Crippen LogP contribution >= 0.6 is 0 Å². The second kappa shape index (κ2) is 6.88. The topological polar surface area (TPSA) is 55.1 Å². The van der Waals surface area contributed by atoms with Crippen LogP contribution in [-0.4, -0.2) is 10.9 Å². The Bertz CT molecular complexity index is 1140. The molecule has 4 rings (SSSR count). The average molecular weight is 358 g/mol. The maximum absolute atomic E-state index is 12.7. The van der Waals surface area contributed by atoms with Gasteiger partial charge in [0.25, 0.3) is 0 Å². The molecule has 1 amide bonds. The van der Waals surface area contributed by atoms with Gasteiger partial charge in [-0.3, -0.25) is 9.78 Å². The van der Waals surface area contributed by atoms with Crippen molar-refractivity contribution in [3.05, 3.63) is 71.6 Å². The molecule has 0 aliphatic carbocycles. The van der Waals surface area contributed by atoms with Gasteiger partial charge in [0.05, 0.1) is 23.9 Å². The number of pyridine rings is 1. The summed E-state index contributed by atoms with van der Waals surface area (Å²) >= 11 is 0. The first-order chi connectivity index (χ1) is 13.0. The number of carbonyl (C=O) groups excluding carboxylic acids is 1. The molecule has 4 nitrogen and oxygen atoms in total. The van der Waals surface area contributed by atoms with Crippen LogP contribution < -0.4 is 5.32 Å². The summed E-state index contributed by atoms with van der Waals surface area (Å²) in [6, 6.07) is 13.8. The van der Waals surface area contributed by atoms with Crippen LogP contribution in [-0.2, 0) is 11.2 Å². The van der Waals surface area contributed by atoms with Gasteiger partial charge in [-0.15, -0.1) is 0 Å². The number of anilines is 1. The first kappa shape index (κ1) is 17.3. The van der Waals surface area contributed by atoms with E-state index in [0.29, 0.717) is 5.92 Å². The molecule has 2 aromatic heterocycles. The zero-order chi connectivity index (χ0) is 19.0. The monoisotopic (exact) mass is 358 g/mol. The zero-order valence-corrected chi connectivity index (χ0v) is 15.7. The lowest BCUT2D eigenvalue weighted by molar-refractivity contribution is -0.115. The second-order valence-corrected chi connectivity index (χ2v) is 7.22. The standard InChI is InChI=1S/C23H22N2O2/c1-14(2)18-12-19-16(13-27-22(19)10-15(18)3)11-23(26)25-21-8-4-7-20-17(21)6-5-9-24-20/h4-10,12-14H,11H2,1-3H3,(H,25,26). The molecule has 4 heteroatoms. The Labute approximate surface area is 158 Å². The highest BCUT2D eigenvalue weighted by atomic mass is 16.3. The minimum atomic E-state index is -0.0688. The highest BCUT2D eigenvalue weighted by Crippen LogP contribution is 2.29. The highest BCUT2D eigenvalue weighted by Gasteiger charge is 2.14. The van der Waals surface area contributed by atoms with Crippen LogP contribution in [0.25, 0.3) is 21.9 Å². The summed E-state index contributed by atoms with van der Waals surface area (Å²) in [4.78, 5) is 17.0. The van der Waals surface area contributed by atoms with Crippen molar-refractivity contribution < 1.29 is 9.21 Å². The molecular formula is C23H22N2O2. The van der Waals surface area contributed by atoms with Gasteiger partial charge in [0.15, 0.2) is 0 Å². The Morgan fingerprint density at radius 3 is 2.81 bits per heavy atom. The predicted molar refractivity (Wildman–Crippen MR) is 109 cm³/mol. The Hall–Kier alpha value is -3.14. The number of fused-ring (bicyclic) bond motifs is 2. The van der Waals surface area contributed by atoms with E-state index in [4.69, 9.17) is 4.42 Å². The minimum absolute atomic E-state index is 0.0688. The summed E-state index contributed by atoms with van der Waals surface area (Å²) in [5.74, 6) is 0.356. The van der Waals surface area contributed by atoms with Gasteiger partial charge in [0, 0.05) is 22.5 Å². The molecule has 136 valence electrons. The van der Waals surface area contributed by atoms with Gasteiger partial charge in [-0.25, -0.2) is 0 Å². The molecule has 2 aromatic carbocycles. The first-order valence-electron chi connectivity index (χ1n) is 9.17. The molecule has 27 heavy (non-hydrogen) atoms. The van der Waals surface area contributed by atoms with Crippen LogP contribution in [0.1, 0.15) is 36.5 Å². The third kappa shape index (κ3) is 3.31. The number of nitrogens with one attached hydrogen (secondary N) is 1. The molecular weight excluding hydrogens is 336 g/mol. The van der Waals surface area contributed by atoms with Gasteiger partial charge in [-0.1, -0.05) is 19.9 Å². The lowest BCUT2D eigenvalue weighted by atomic mass is 9.95. The largest absolute Gasteiger partial charge is 0.464 e. The van der Waals surface area contributed by atoms with Crippen molar-refractivity contribution in [1.29, 1.82) is 0 Å². The number of hydrogen-bond acceptors (Lipinski definition) is 3. The number of rotatable bonds is 4. The Morgan fingerprint density at radius 1 is 1.15 bits per heavy atom. The van der Waals surface area contributed by atoms with Gasteiger partial charge in [-0.2, -0.15) is 0 Å². The van der Waals surface area contributed by atoms with E-state index in [0.717, 1.165) is 33.1 Å². The van der Waals surface area contributed by atoms with E-state index in [2.05, 4.69) is 43.2 Å². The SMILES string of the molecule is Cc1cc2occ(CC(=O)Nc3cccc4ncccc34)c2cc1C(C)C. The smallest absolute Gasteiger partial charge is 0.228 e. The number of aryl methyl sites for hydroxylation is 1. The van der Waals surface area contributed by atoms with Crippen molar-refractivity contribution in [3.8, 4) is 0 Å². The van der Waals surface area contributed by atoms with E-state index < -0.39 is 0 Å². The van der Waals surface area contributed by atoms with Gasteiger partial charge in [-0.05, 0) is 60.4 Å². The molecule has 0 aliphatic rings. The van der Waals surface area contributed by atoms with E-state index in [9.17, 15) is 4.79 Å². The molecule has 0 saturated carbocycles. The van der Waals surface area contributed by atoms with Gasteiger partial charge in [0.2, 0.25) is 5.91 Å². The fraction of sp³-hybridized carbons (Fsp3) is 0.217. The molecule has 0 bridgehead atoms. The Morgan fingerprint density at radius 2 is 2.00 bits per heavy atom. The molecule has 2 heterocycles. The number of carbonyl (C=O) groups is 1. The Balaban J connectivity index is 1.62. The summed E-state index contributed by atoms with van der Waals surface area (Å²) in [6.07, 6.45) is 3.71. The summed E-state index contributed by atoms with van der Waals surface area (Å²) in [6.45, 7) is 6.45. The van der Waals surface area contributed by atoms with Crippen LogP contribution in [0.2, 0.25) is 0 Å². The van der Waals surface area contributed by atoms with Crippen molar-refractivity contribution in [2.24, 2.45) is 0 Å². The van der Waals surface area contributed by atoms with E-state index >= 15 is 0 Å². The fourth-order valence-corrected chi connectivity index (χ4v) is 3.58. The molecule has 1 N–H and O–H groups in total. The van der Waals surface area contributed by atoms with Crippen LogP contribution in [0.4, 0.5) is 5.69 Å². The van der Waals surface area contributed by atoms with Crippen molar-refractivity contribution >= 4 is 33.5 Å². The highest BCUT2D eigenvalue weighted by molar-refractivity contribution is 6.02. The molecule has 0 aliphatic heterocycles. The van der Waals surface area contributed by atoms with Crippen molar-refractivity contribution in [2.75, 3.05) is 5.32 Å². The lowest BCUT2D eigenvalue weighted by Gasteiger charge is -2.10. The average Bonchev–Trinajstić information content (AvgIpc) is 3.02. The van der Waals surface area contributed by atoms with Crippen molar-refractivity contribution in [1.82, 2.24) is 4.98 Å². The third-order valence-corrected chi connectivity index (χ3v) is 4.94. The molecule has 0 fully saturated rings. The number of amides is 1. The molecule has 4 aromatic rings. The van der Waals surface area contributed by atoms with Crippen LogP contribution in [0.15, 0.2) is 59.3 Å². The van der Waals surface area contributed by atoms with E-state index in [1.165, 1.54) is 11.1 Å². The molecule has 0 radical (unpaired) electrons. The van der Waals surface area contributed by atoms with E-state index in [1.54, 1.807) is 12.5 Å². The zero-order valence-electron chi connectivity index (χ0n) is 15.7. The van der Waals surface area contributed by atoms with Gasteiger partial charge >= 0.3 is 0 Å². The lowest BCUT2D eigenvalue weighted by Crippen LogP contribution is -2.14. The van der Waals surface area contributed by atoms with Crippen molar-refractivity contribution in [3.63, 3.8) is 0 Å². The van der Waals surface area contributed by atoms with Crippen LogP contribution in [0, 0.1) is 6.92 Å².